The lowest BCUT2D eigenvalue weighted by Crippen LogP contribution is -2.44. The van der Waals surface area contributed by atoms with Gasteiger partial charge in [0.25, 0.3) is 0 Å². The SMILES string of the molecule is CCOP(OCC)c1ccc(N)cc1CN(C)C(=O)C(Nc1ccc2c(N(C(=O)OC(C)(C)C)C(=O)OC(C)(C)C)nccc2c1)c1ccc(C(C)CO)c(C)c1. The van der Waals surface area contributed by atoms with E-state index in [0.29, 0.717) is 40.9 Å². The number of aromatic nitrogens is 1. The molecule has 2 unspecified atom stereocenters. The van der Waals surface area contributed by atoms with Crippen LogP contribution < -0.4 is 21.3 Å². The number of rotatable bonds is 14. The molecule has 2 atom stereocenters. The molecule has 3 amide bonds. The van der Waals surface area contributed by atoms with Crippen LogP contribution in [0.1, 0.15) is 96.5 Å². The van der Waals surface area contributed by atoms with Crippen LogP contribution in [0.2, 0.25) is 0 Å². The number of nitrogens with one attached hydrogen (secondary N) is 1. The summed E-state index contributed by atoms with van der Waals surface area (Å²) in [6.45, 7) is 19.1. The Morgan fingerprint density at radius 2 is 1.53 bits per heavy atom. The molecule has 4 rings (SSSR count). The largest absolute Gasteiger partial charge is 0.443 e. The Morgan fingerprint density at radius 1 is 0.895 bits per heavy atom. The summed E-state index contributed by atoms with van der Waals surface area (Å²) in [6, 6.07) is 17.6. The number of likely N-dealkylation sites (N-methyl/N-ethyl adjacent to an activating group) is 1. The maximum absolute atomic E-state index is 14.7. The molecule has 3 aromatic carbocycles. The molecule has 0 saturated heterocycles. The summed E-state index contributed by atoms with van der Waals surface area (Å²) in [5.74, 6) is -0.267. The molecule has 4 aromatic rings. The van der Waals surface area contributed by atoms with Gasteiger partial charge in [0.2, 0.25) is 14.3 Å². The monoisotopic (exact) mass is 803 g/mol. The molecule has 4 N–H and O–H groups in total. The van der Waals surface area contributed by atoms with Crippen molar-refractivity contribution in [1.29, 1.82) is 0 Å². The van der Waals surface area contributed by atoms with Crippen molar-refractivity contribution in [2.45, 2.75) is 98.9 Å². The second-order valence-corrected chi connectivity index (χ2v) is 17.3. The number of ether oxygens (including phenoxy) is 2. The van der Waals surface area contributed by atoms with Crippen LogP contribution in [0.3, 0.4) is 0 Å². The third-order valence-corrected chi connectivity index (χ3v) is 10.5. The van der Waals surface area contributed by atoms with E-state index < -0.39 is 37.8 Å². The van der Waals surface area contributed by atoms with Gasteiger partial charge in [0.15, 0.2) is 5.82 Å². The molecule has 0 radical (unpaired) electrons. The van der Waals surface area contributed by atoms with E-state index in [2.05, 4.69) is 10.3 Å². The first-order valence-corrected chi connectivity index (χ1v) is 20.3. The van der Waals surface area contributed by atoms with Crippen LogP contribution in [0, 0.1) is 6.92 Å². The first kappa shape index (κ1) is 44.9. The van der Waals surface area contributed by atoms with E-state index in [1.165, 1.54) is 6.20 Å². The molecule has 0 aliphatic rings. The first-order chi connectivity index (χ1) is 26.8. The lowest BCUT2D eigenvalue weighted by Gasteiger charge is -2.29. The van der Waals surface area contributed by atoms with Crippen molar-refractivity contribution in [3.63, 3.8) is 0 Å². The number of fused-ring (bicyclic) bond motifs is 1. The number of hydrogen-bond acceptors (Lipinski definition) is 11. The van der Waals surface area contributed by atoms with Gasteiger partial charge in [0, 0.05) is 54.4 Å². The molecule has 14 heteroatoms. The predicted octanol–water partition coefficient (Wildman–Crippen LogP) is 8.72. The van der Waals surface area contributed by atoms with E-state index in [4.69, 9.17) is 24.3 Å². The molecule has 0 bridgehead atoms. The van der Waals surface area contributed by atoms with Crippen LogP contribution >= 0.6 is 8.38 Å². The number of aliphatic hydroxyl groups excluding tert-OH is 1. The van der Waals surface area contributed by atoms with Crippen LogP contribution in [-0.2, 0) is 29.9 Å². The fourth-order valence-corrected chi connectivity index (χ4v) is 7.54. The number of hydrogen-bond donors (Lipinski definition) is 3. The van der Waals surface area contributed by atoms with Gasteiger partial charge >= 0.3 is 12.2 Å². The number of pyridine rings is 1. The number of benzene rings is 3. The Kier molecular flexibility index (Phi) is 15.0. The highest BCUT2D eigenvalue weighted by molar-refractivity contribution is 7.56. The zero-order valence-electron chi connectivity index (χ0n) is 35.0. The number of nitrogen functional groups attached to an aromatic ring is 1. The average molecular weight is 804 g/mol. The van der Waals surface area contributed by atoms with Gasteiger partial charge < -0.3 is 39.6 Å². The van der Waals surface area contributed by atoms with Crippen molar-refractivity contribution in [3.8, 4) is 0 Å². The van der Waals surface area contributed by atoms with Gasteiger partial charge in [-0.2, -0.15) is 4.90 Å². The van der Waals surface area contributed by atoms with Crippen molar-refractivity contribution in [2.75, 3.05) is 42.8 Å². The smallest absolute Gasteiger partial charge is 0.425 e. The van der Waals surface area contributed by atoms with Crippen molar-refractivity contribution in [3.05, 3.63) is 89.1 Å². The van der Waals surface area contributed by atoms with Crippen LogP contribution in [0.25, 0.3) is 10.8 Å². The highest BCUT2D eigenvalue weighted by Crippen LogP contribution is 2.39. The molecule has 0 fully saturated rings. The summed E-state index contributed by atoms with van der Waals surface area (Å²) in [6.07, 6.45) is -0.368. The maximum atomic E-state index is 14.7. The second-order valence-electron chi connectivity index (χ2n) is 15.8. The number of imide groups is 1. The number of aliphatic hydroxyl groups is 1. The van der Waals surface area contributed by atoms with Gasteiger partial charge in [-0.3, -0.25) is 4.79 Å². The summed E-state index contributed by atoms with van der Waals surface area (Å²) in [4.78, 5) is 48.5. The normalized spacial score (nSPS) is 12.9. The quantitative estimate of drug-likeness (QED) is 0.0825. The van der Waals surface area contributed by atoms with Gasteiger partial charge in [-0.25, -0.2) is 14.6 Å². The van der Waals surface area contributed by atoms with Gasteiger partial charge in [0.05, 0.1) is 13.2 Å². The molecule has 0 spiro atoms. The van der Waals surface area contributed by atoms with Gasteiger partial charge in [0.1, 0.15) is 17.2 Å². The van der Waals surface area contributed by atoms with Crippen LogP contribution in [0.4, 0.5) is 26.8 Å². The molecule has 0 aliphatic carbocycles. The van der Waals surface area contributed by atoms with Crippen molar-refractivity contribution in [1.82, 2.24) is 9.88 Å². The second kappa shape index (κ2) is 19.1. The zero-order valence-corrected chi connectivity index (χ0v) is 35.9. The summed E-state index contributed by atoms with van der Waals surface area (Å²) in [7, 11) is 0.342. The van der Waals surface area contributed by atoms with Gasteiger partial charge in [-0.05, 0) is 132 Å². The van der Waals surface area contributed by atoms with E-state index in [-0.39, 0.29) is 30.8 Å². The van der Waals surface area contributed by atoms with E-state index in [1.54, 1.807) is 77.8 Å². The Balaban J connectivity index is 1.78. The van der Waals surface area contributed by atoms with Crippen LogP contribution in [0.5, 0.6) is 0 Å². The summed E-state index contributed by atoms with van der Waals surface area (Å²) in [5.41, 5.74) is 9.04. The summed E-state index contributed by atoms with van der Waals surface area (Å²) >= 11 is 0. The number of carbonyl (C=O) groups is 3. The van der Waals surface area contributed by atoms with Crippen LogP contribution in [0.15, 0.2) is 66.9 Å². The molecular weight excluding hydrogens is 745 g/mol. The standard InChI is InChI=1S/C43H58N5O8P/c1-12-53-57(54-13-2)36-19-15-32(44)23-31(36)25-47(11)39(50)37(30-14-17-34(27(3)22-30)28(4)26-49)46-33-16-18-35-29(24-33)20-21-45-38(35)48(40(51)55-42(5,6)7)41(52)56-43(8,9)10/h14-24,28,37,46,49H,12-13,25-26,44H2,1-11H3. The minimum Gasteiger partial charge on any atom is -0.443 e. The van der Waals surface area contributed by atoms with E-state index >= 15 is 0 Å². The highest BCUT2D eigenvalue weighted by atomic mass is 31.2. The topological polar surface area (TPSA) is 166 Å². The Morgan fingerprint density at radius 3 is 2.09 bits per heavy atom. The third kappa shape index (κ3) is 11.9. The number of amides is 3. The van der Waals surface area contributed by atoms with Crippen LogP contribution in [-0.4, -0.2) is 71.2 Å². The lowest BCUT2D eigenvalue weighted by molar-refractivity contribution is -0.131. The number of anilines is 3. The lowest BCUT2D eigenvalue weighted by atomic mass is 9.93. The van der Waals surface area contributed by atoms with E-state index in [9.17, 15) is 19.5 Å². The van der Waals surface area contributed by atoms with Gasteiger partial charge in [-0.15, -0.1) is 0 Å². The maximum Gasteiger partial charge on any atom is 0.425 e. The molecule has 1 aromatic heterocycles. The molecule has 0 aliphatic heterocycles. The van der Waals surface area contributed by atoms with E-state index in [1.807, 2.05) is 64.1 Å². The highest BCUT2D eigenvalue weighted by Gasteiger charge is 2.35. The predicted molar refractivity (Wildman–Crippen MR) is 227 cm³/mol. The number of carbonyl (C=O) groups excluding carboxylic acids is 3. The fraction of sp³-hybridized carbons (Fsp3) is 0.442. The Labute approximate surface area is 337 Å². The fourth-order valence-electron chi connectivity index (χ4n) is 6.15. The molecule has 0 saturated carbocycles. The Bertz CT molecular complexity index is 2010. The summed E-state index contributed by atoms with van der Waals surface area (Å²) in [5, 5.41) is 15.3. The van der Waals surface area contributed by atoms with E-state index in [0.717, 1.165) is 26.9 Å². The molecule has 13 nitrogen and oxygen atoms in total. The number of nitrogens with two attached hydrogens (primary N) is 1. The molecule has 1 heterocycles. The number of aryl methyl sites for hydroxylation is 1. The minimum absolute atomic E-state index is 0.00861. The van der Waals surface area contributed by atoms with Crippen molar-refractivity contribution in [2.24, 2.45) is 0 Å². The molecular formula is C43H58N5O8P. The minimum atomic E-state index is -1.40. The molecule has 57 heavy (non-hydrogen) atoms. The molecule has 308 valence electrons. The summed E-state index contributed by atoms with van der Waals surface area (Å²) < 4.78 is 23.2. The number of nitrogens with zero attached hydrogens (tertiary/aromatic N) is 3. The Hall–Kier alpha value is -4.81. The third-order valence-electron chi connectivity index (χ3n) is 8.67. The first-order valence-electron chi connectivity index (χ1n) is 19.1. The van der Waals surface area contributed by atoms with Crippen molar-refractivity contribution >= 4 is 59.7 Å². The van der Waals surface area contributed by atoms with Gasteiger partial charge in [-0.1, -0.05) is 25.1 Å². The average Bonchev–Trinajstić information content (AvgIpc) is 3.12. The van der Waals surface area contributed by atoms with Crippen molar-refractivity contribution < 1.29 is 38.0 Å². The zero-order chi connectivity index (χ0) is 42.2.